The maximum Gasteiger partial charge on any atom is 0.330 e. The SMILES string of the molecule is CCC(CC)CC[NH2+]CC(C)=O.O=C(O)C(Nc1ccccc1)c1ccccc1. The Morgan fingerprint density at radius 1 is 0.966 bits per heavy atom. The average Bonchev–Trinajstić information content (AvgIpc) is 2.73. The third-order valence-corrected chi connectivity index (χ3v) is 4.83. The van der Waals surface area contributed by atoms with Crippen LogP contribution in [0.1, 0.15) is 51.6 Å². The Morgan fingerprint density at radius 2 is 1.52 bits per heavy atom. The van der Waals surface area contributed by atoms with Crippen LogP contribution in [-0.4, -0.2) is 29.9 Å². The summed E-state index contributed by atoms with van der Waals surface area (Å²) >= 11 is 0. The second-order valence-corrected chi connectivity index (χ2v) is 7.15. The number of aliphatic carboxylic acids is 1. The number of hydrogen-bond donors (Lipinski definition) is 3. The number of nitrogens with two attached hydrogens (primary N) is 1. The largest absolute Gasteiger partial charge is 0.479 e. The number of hydrogen-bond acceptors (Lipinski definition) is 3. The molecule has 5 heteroatoms. The molecule has 2 aromatic carbocycles. The number of para-hydroxylation sites is 1. The zero-order valence-corrected chi connectivity index (χ0v) is 17.8. The molecule has 0 saturated heterocycles. The van der Waals surface area contributed by atoms with Crippen LogP contribution in [0, 0.1) is 5.92 Å². The molecule has 158 valence electrons. The van der Waals surface area contributed by atoms with Gasteiger partial charge in [-0.25, -0.2) is 4.79 Å². The van der Waals surface area contributed by atoms with Gasteiger partial charge in [-0.05, 0) is 30.0 Å². The van der Waals surface area contributed by atoms with Crippen LogP contribution in [0.2, 0.25) is 0 Å². The van der Waals surface area contributed by atoms with Gasteiger partial charge in [-0.15, -0.1) is 0 Å². The van der Waals surface area contributed by atoms with Crippen molar-refractivity contribution >= 4 is 17.4 Å². The molecule has 0 saturated carbocycles. The van der Waals surface area contributed by atoms with Crippen LogP contribution >= 0.6 is 0 Å². The van der Waals surface area contributed by atoms with E-state index >= 15 is 0 Å². The maximum absolute atomic E-state index is 11.2. The van der Waals surface area contributed by atoms with Gasteiger partial charge >= 0.3 is 5.97 Å². The number of carbonyl (C=O) groups excluding carboxylic acids is 1. The van der Waals surface area contributed by atoms with Crippen molar-refractivity contribution < 1.29 is 20.0 Å². The topological polar surface area (TPSA) is 83.0 Å². The van der Waals surface area contributed by atoms with E-state index in [1.165, 1.54) is 19.3 Å². The molecule has 2 aromatic rings. The molecule has 0 amide bonds. The number of anilines is 1. The summed E-state index contributed by atoms with van der Waals surface area (Å²) in [7, 11) is 0. The summed E-state index contributed by atoms with van der Waals surface area (Å²) in [5, 5.41) is 14.3. The predicted molar refractivity (Wildman–Crippen MR) is 118 cm³/mol. The number of carboxylic acid groups (broad SMARTS) is 1. The van der Waals surface area contributed by atoms with Gasteiger partial charge in [0.1, 0.15) is 6.54 Å². The van der Waals surface area contributed by atoms with Gasteiger partial charge in [0.25, 0.3) is 0 Å². The lowest BCUT2D eigenvalue weighted by molar-refractivity contribution is -0.644. The number of rotatable bonds is 11. The van der Waals surface area contributed by atoms with Crippen LogP contribution in [0.15, 0.2) is 60.7 Å². The summed E-state index contributed by atoms with van der Waals surface area (Å²) in [6, 6.07) is 17.7. The van der Waals surface area contributed by atoms with E-state index in [9.17, 15) is 14.7 Å². The summed E-state index contributed by atoms with van der Waals surface area (Å²) in [5.41, 5.74) is 1.53. The van der Waals surface area contributed by atoms with Crippen LogP contribution in [0.3, 0.4) is 0 Å². The molecule has 0 radical (unpaired) electrons. The van der Waals surface area contributed by atoms with Crippen molar-refractivity contribution in [3.63, 3.8) is 0 Å². The monoisotopic (exact) mass is 399 g/mol. The highest BCUT2D eigenvalue weighted by molar-refractivity contribution is 5.79. The molecule has 29 heavy (non-hydrogen) atoms. The number of ketones is 1. The molecule has 1 atom stereocenters. The minimum atomic E-state index is -0.889. The van der Waals surface area contributed by atoms with Crippen LogP contribution in [0.4, 0.5) is 5.69 Å². The molecule has 0 aromatic heterocycles. The number of benzene rings is 2. The summed E-state index contributed by atoms with van der Waals surface area (Å²) in [5.74, 6) is 0.243. The number of quaternary nitrogens is 1. The first-order chi connectivity index (χ1) is 14.0. The number of Topliss-reactive ketones (excluding diaryl/α,β-unsaturated/α-hetero) is 1. The second kappa shape index (κ2) is 14.4. The van der Waals surface area contributed by atoms with Crippen molar-refractivity contribution in [2.24, 2.45) is 5.92 Å². The van der Waals surface area contributed by atoms with Crippen molar-refractivity contribution in [3.05, 3.63) is 66.2 Å². The zero-order valence-electron chi connectivity index (χ0n) is 17.8. The molecule has 0 fully saturated rings. The first-order valence-corrected chi connectivity index (χ1v) is 10.4. The fourth-order valence-electron chi connectivity index (χ4n) is 2.99. The van der Waals surface area contributed by atoms with Crippen molar-refractivity contribution in [2.75, 3.05) is 18.4 Å². The Bertz CT molecular complexity index is 701. The predicted octanol–water partition coefficient (Wildman–Crippen LogP) is 3.89. The van der Waals surface area contributed by atoms with E-state index in [0.717, 1.165) is 23.7 Å². The van der Waals surface area contributed by atoms with Gasteiger partial charge in [0.15, 0.2) is 11.8 Å². The Hall–Kier alpha value is -2.66. The Kier molecular flexibility index (Phi) is 12.1. The molecule has 0 aliphatic rings. The number of carbonyl (C=O) groups is 2. The average molecular weight is 400 g/mol. The molecule has 0 aliphatic heterocycles. The number of carboxylic acids is 1. The van der Waals surface area contributed by atoms with E-state index in [1.54, 1.807) is 19.1 Å². The molecule has 5 nitrogen and oxygen atoms in total. The van der Waals surface area contributed by atoms with E-state index in [1.807, 2.05) is 48.5 Å². The van der Waals surface area contributed by atoms with Gasteiger partial charge in [-0.1, -0.05) is 75.2 Å². The minimum Gasteiger partial charge on any atom is -0.479 e. The summed E-state index contributed by atoms with van der Waals surface area (Å²) < 4.78 is 0. The quantitative estimate of drug-likeness (QED) is 0.501. The second-order valence-electron chi connectivity index (χ2n) is 7.15. The fraction of sp³-hybridized carbons (Fsp3) is 0.417. The molecule has 0 aliphatic carbocycles. The van der Waals surface area contributed by atoms with Gasteiger partial charge in [0.05, 0.1) is 6.54 Å². The lowest BCUT2D eigenvalue weighted by atomic mass is 10.00. The molecular weight excluding hydrogens is 364 g/mol. The Morgan fingerprint density at radius 3 is 2.00 bits per heavy atom. The van der Waals surface area contributed by atoms with Crippen molar-refractivity contribution in [3.8, 4) is 0 Å². The summed E-state index contributed by atoms with van der Waals surface area (Å²) in [6.45, 7) is 7.87. The zero-order chi connectivity index (χ0) is 21.5. The van der Waals surface area contributed by atoms with Crippen molar-refractivity contribution in [1.82, 2.24) is 0 Å². The van der Waals surface area contributed by atoms with E-state index in [4.69, 9.17) is 0 Å². The van der Waals surface area contributed by atoms with E-state index < -0.39 is 12.0 Å². The van der Waals surface area contributed by atoms with E-state index in [0.29, 0.717) is 6.54 Å². The highest BCUT2D eigenvalue weighted by atomic mass is 16.4. The smallest absolute Gasteiger partial charge is 0.330 e. The van der Waals surface area contributed by atoms with E-state index in [-0.39, 0.29) is 5.78 Å². The van der Waals surface area contributed by atoms with Crippen LogP contribution in [0.25, 0.3) is 0 Å². The van der Waals surface area contributed by atoms with Gasteiger partial charge in [-0.3, -0.25) is 4.79 Å². The molecule has 4 N–H and O–H groups in total. The third kappa shape index (κ3) is 10.5. The van der Waals surface area contributed by atoms with Crippen molar-refractivity contribution in [2.45, 2.75) is 46.1 Å². The Balaban J connectivity index is 0.000000311. The highest BCUT2D eigenvalue weighted by Gasteiger charge is 2.18. The molecular formula is C24H35N2O3+. The Labute approximate surface area is 174 Å². The first-order valence-electron chi connectivity index (χ1n) is 10.4. The van der Waals surface area contributed by atoms with Gasteiger partial charge in [0.2, 0.25) is 0 Å². The molecule has 1 unspecified atom stereocenters. The van der Waals surface area contributed by atoms with Gasteiger partial charge in [0, 0.05) is 12.6 Å². The summed E-state index contributed by atoms with van der Waals surface area (Å²) in [6.07, 6.45) is 3.79. The lowest BCUT2D eigenvalue weighted by Gasteiger charge is -2.15. The maximum atomic E-state index is 11.2. The van der Waals surface area contributed by atoms with Crippen LogP contribution in [0.5, 0.6) is 0 Å². The third-order valence-electron chi connectivity index (χ3n) is 4.83. The van der Waals surface area contributed by atoms with Gasteiger partial charge in [-0.2, -0.15) is 0 Å². The lowest BCUT2D eigenvalue weighted by Crippen LogP contribution is -2.85. The van der Waals surface area contributed by atoms with Crippen LogP contribution in [-0.2, 0) is 9.59 Å². The first kappa shape index (κ1) is 24.4. The standard InChI is InChI=1S/C14H13NO2.C10H21NO/c16-14(17)13(11-7-3-1-4-8-11)15-12-9-5-2-6-10-12;1-4-10(5-2)6-7-11-8-9(3)12/h1-10,13,15H,(H,16,17);10-11H,4-8H2,1-3H3/p+1. The highest BCUT2D eigenvalue weighted by Crippen LogP contribution is 2.19. The normalized spacial score (nSPS) is 11.3. The minimum absolute atomic E-state index is 0.277. The molecule has 0 heterocycles. The fourth-order valence-corrected chi connectivity index (χ4v) is 2.99. The number of nitrogens with one attached hydrogen (secondary N) is 1. The van der Waals surface area contributed by atoms with Crippen LogP contribution < -0.4 is 10.6 Å². The summed E-state index contributed by atoms with van der Waals surface area (Å²) in [4.78, 5) is 21.8. The molecule has 2 rings (SSSR count). The van der Waals surface area contributed by atoms with Crippen molar-refractivity contribution in [1.29, 1.82) is 0 Å². The van der Waals surface area contributed by atoms with E-state index in [2.05, 4.69) is 24.5 Å². The van der Waals surface area contributed by atoms with Gasteiger partial charge < -0.3 is 15.7 Å². The molecule has 0 bridgehead atoms. The molecule has 0 spiro atoms.